The number of fused-ring (bicyclic) bond motifs is 1. The highest BCUT2D eigenvalue weighted by atomic mass is 35.5. The zero-order chi connectivity index (χ0) is 14.1. The Balaban J connectivity index is 1.90. The van der Waals surface area contributed by atoms with Gasteiger partial charge in [-0.15, -0.1) is 0 Å². The number of hydrogen-bond acceptors (Lipinski definition) is 1. The van der Waals surface area contributed by atoms with E-state index in [1.54, 1.807) is 6.07 Å². The third-order valence-corrected chi connectivity index (χ3v) is 3.28. The van der Waals surface area contributed by atoms with E-state index in [4.69, 9.17) is 11.6 Å². The van der Waals surface area contributed by atoms with Crippen molar-refractivity contribution in [1.29, 1.82) is 0 Å². The summed E-state index contributed by atoms with van der Waals surface area (Å²) >= 11 is 5.91. The van der Waals surface area contributed by atoms with E-state index in [9.17, 15) is 9.18 Å². The van der Waals surface area contributed by atoms with E-state index in [1.807, 2.05) is 24.3 Å². The van der Waals surface area contributed by atoms with E-state index in [0.29, 0.717) is 5.69 Å². The number of H-pyrrole nitrogens is 1. The van der Waals surface area contributed by atoms with E-state index in [0.717, 1.165) is 10.9 Å². The second-order valence-corrected chi connectivity index (χ2v) is 4.76. The average molecular weight is 289 g/mol. The molecule has 0 aliphatic heterocycles. The molecular weight excluding hydrogens is 279 g/mol. The number of amides is 1. The fraction of sp³-hybridized carbons (Fsp3) is 0. The monoisotopic (exact) mass is 288 g/mol. The van der Waals surface area contributed by atoms with E-state index >= 15 is 0 Å². The van der Waals surface area contributed by atoms with Gasteiger partial charge in [0.25, 0.3) is 5.91 Å². The Bertz CT molecular complexity index is 764. The predicted molar refractivity (Wildman–Crippen MR) is 77.7 cm³/mol. The van der Waals surface area contributed by atoms with Crippen molar-refractivity contribution >= 4 is 34.1 Å². The number of nitrogens with one attached hydrogen (secondary N) is 2. The van der Waals surface area contributed by atoms with Crippen LogP contribution in [0.4, 0.5) is 10.1 Å². The number of aromatic amines is 1. The first-order valence-electron chi connectivity index (χ1n) is 5.97. The van der Waals surface area contributed by atoms with Crippen molar-refractivity contribution in [3.05, 3.63) is 65.1 Å². The minimum Gasteiger partial charge on any atom is -0.351 e. The van der Waals surface area contributed by atoms with Crippen molar-refractivity contribution in [2.24, 2.45) is 0 Å². The Morgan fingerprint density at radius 2 is 1.95 bits per heavy atom. The minimum atomic E-state index is -0.457. The maximum atomic E-state index is 13.1. The lowest BCUT2D eigenvalue weighted by molar-refractivity contribution is 0.102. The molecule has 5 heteroatoms. The van der Waals surface area contributed by atoms with E-state index < -0.39 is 5.82 Å². The quantitative estimate of drug-likeness (QED) is 0.729. The van der Waals surface area contributed by atoms with Crippen LogP contribution in [-0.2, 0) is 0 Å². The predicted octanol–water partition coefficient (Wildman–Crippen LogP) is 4.21. The summed E-state index contributed by atoms with van der Waals surface area (Å²) in [5, 5.41) is 3.81. The van der Waals surface area contributed by atoms with Gasteiger partial charge in [0.2, 0.25) is 0 Å². The third-order valence-electron chi connectivity index (χ3n) is 2.95. The first-order valence-corrected chi connectivity index (χ1v) is 6.35. The molecule has 0 saturated heterocycles. The summed E-state index contributed by atoms with van der Waals surface area (Å²) in [5.74, 6) is -0.824. The number of carbonyl (C=O) groups is 1. The lowest BCUT2D eigenvalue weighted by atomic mass is 10.2. The number of anilines is 1. The SMILES string of the molecule is O=C(Nc1cc(F)ccc1Cl)c1cc2ccccc2[nH]1. The minimum absolute atomic E-state index is 0.246. The van der Waals surface area contributed by atoms with Gasteiger partial charge in [0.15, 0.2) is 0 Å². The largest absolute Gasteiger partial charge is 0.351 e. The molecule has 0 saturated carbocycles. The first kappa shape index (κ1) is 12.7. The molecule has 0 bridgehead atoms. The van der Waals surface area contributed by atoms with Gasteiger partial charge < -0.3 is 10.3 Å². The number of benzene rings is 2. The van der Waals surface area contributed by atoms with Gasteiger partial charge in [0.1, 0.15) is 11.5 Å². The van der Waals surface area contributed by atoms with Crippen molar-refractivity contribution in [3.8, 4) is 0 Å². The summed E-state index contributed by atoms with van der Waals surface area (Å²) in [6.45, 7) is 0. The Labute approximate surface area is 119 Å². The molecule has 100 valence electrons. The first-order chi connectivity index (χ1) is 9.63. The van der Waals surface area contributed by atoms with Crippen molar-refractivity contribution < 1.29 is 9.18 Å². The number of halogens is 2. The van der Waals surface area contributed by atoms with Crippen LogP contribution in [0.3, 0.4) is 0 Å². The van der Waals surface area contributed by atoms with Crippen LogP contribution in [0.15, 0.2) is 48.5 Å². The second-order valence-electron chi connectivity index (χ2n) is 4.35. The maximum absolute atomic E-state index is 13.1. The summed E-state index contributed by atoms with van der Waals surface area (Å²) in [6.07, 6.45) is 0. The lowest BCUT2D eigenvalue weighted by Gasteiger charge is -2.05. The Hall–Kier alpha value is -2.33. The van der Waals surface area contributed by atoms with Crippen LogP contribution in [0, 0.1) is 5.82 Å². The standard InChI is InChI=1S/C15H10ClFN2O/c16-11-6-5-10(17)8-13(11)19-15(20)14-7-9-3-1-2-4-12(9)18-14/h1-8,18H,(H,19,20). The molecule has 3 nitrogen and oxygen atoms in total. The Morgan fingerprint density at radius 1 is 1.15 bits per heavy atom. The van der Waals surface area contributed by atoms with Gasteiger partial charge in [0, 0.05) is 10.9 Å². The van der Waals surface area contributed by atoms with E-state index in [2.05, 4.69) is 10.3 Å². The Kier molecular flexibility index (Phi) is 3.16. The van der Waals surface area contributed by atoms with Crippen LogP contribution in [0.1, 0.15) is 10.5 Å². The molecule has 0 unspecified atom stereocenters. The van der Waals surface area contributed by atoms with Crippen molar-refractivity contribution in [2.45, 2.75) is 0 Å². The highest BCUT2D eigenvalue weighted by Gasteiger charge is 2.11. The maximum Gasteiger partial charge on any atom is 0.272 e. The number of carbonyl (C=O) groups excluding carboxylic acids is 1. The molecule has 0 radical (unpaired) electrons. The number of aromatic nitrogens is 1. The summed E-state index contributed by atoms with van der Waals surface area (Å²) < 4.78 is 13.1. The van der Waals surface area contributed by atoms with Crippen molar-refractivity contribution in [1.82, 2.24) is 4.98 Å². The molecular formula is C15H10ClFN2O. The summed E-state index contributed by atoms with van der Waals surface area (Å²) in [6, 6.07) is 13.1. The zero-order valence-electron chi connectivity index (χ0n) is 10.3. The van der Waals surface area contributed by atoms with Gasteiger partial charge >= 0.3 is 0 Å². The highest BCUT2D eigenvalue weighted by Crippen LogP contribution is 2.23. The normalized spacial score (nSPS) is 10.7. The van der Waals surface area contributed by atoms with Gasteiger partial charge in [-0.3, -0.25) is 4.79 Å². The topological polar surface area (TPSA) is 44.9 Å². The molecule has 1 heterocycles. The highest BCUT2D eigenvalue weighted by molar-refractivity contribution is 6.33. The molecule has 2 N–H and O–H groups in total. The van der Waals surface area contributed by atoms with Gasteiger partial charge in [-0.2, -0.15) is 0 Å². The summed E-state index contributed by atoms with van der Waals surface area (Å²) in [5.41, 5.74) is 1.50. The van der Waals surface area contributed by atoms with E-state index in [-0.39, 0.29) is 16.6 Å². The summed E-state index contributed by atoms with van der Waals surface area (Å²) in [4.78, 5) is 15.1. The molecule has 0 aliphatic carbocycles. The molecule has 1 aromatic heterocycles. The smallest absolute Gasteiger partial charge is 0.272 e. The van der Waals surface area contributed by atoms with Gasteiger partial charge in [-0.05, 0) is 30.3 Å². The molecule has 3 aromatic rings. The molecule has 1 amide bonds. The average Bonchev–Trinajstić information content (AvgIpc) is 2.87. The number of para-hydroxylation sites is 1. The van der Waals surface area contributed by atoms with Gasteiger partial charge in [-0.25, -0.2) is 4.39 Å². The van der Waals surface area contributed by atoms with Gasteiger partial charge in [-0.1, -0.05) is 29.8 Å². The molecule has 0 spiro atoms. The molecule has 0 fully saturated rings. The zero-order valence-corrected chi connectivity index (χ0v) is 11.0. The molecule has 20 heavy (non-hydrogen) atoms. The Morgan fingerprint density at radius 3 is 2.75 bits per heavy atom. The lowest BCUT2D eigenvalue weighted by Crippen LogP contribution is -2.12. The summed E-state index contributed by atoms with van der Waals surface area (Å²) in [7, 11) is 0. The van der Waals surface area contributed by atoms with Crippen molar-refractivity contribution in [2.75, 3.05) is 5.32 Å². The van der Waals surface area contributed by atoms with Crippen molar-refractivity contribution in [3.63, 3.8) is 0 Å². The van der Waals surface area contributed by atoms with Crippen LogP contribution in [0.25, 0.3) is 10.9 Å². The molecule has 0 aliphatic rings. The fourth-order valence-electron chi connectivity index (χ4n) is 1.98. The molecule has 3 rings (SSSR count). The molecule has 2 aromatic carbocycles. The fourth-order valence-corrected chi connectivity index (χ4v) is 2.14. The molecule has 0 atom stereocenters. The van der Waals surface area contributed by atoms with Crippen LogP contribution < -0.4 is 5.32 Å². The number of rotatable bonds is 2. The third kappa shape index (κ3) is 2.38. The van der Waals surface area contributed by atoms with E-state index in [1.165, 1.54) is 18.2 Å². The van der Waals surface area contributed by atoms with Gasteiger partial charge in [0.05, 0.1) is 10.7 Å². The number of hydrogen-bond donors (Lipinski definition) is 2. The van der Waals surface area contributed by atoms with Crippen LogP contribution in [-0.4, -0.2) is 10.9 Å². The van der Waals surface area contributed by atoms with Crippen LogP contribution >= 0.6 is 11.6 Å². The second kappa shape index (κ2) is 4.98. The van der Waals surface area contributed by atoms with Crippen LogP contribution in [0.5, 0.6) is 0 Å². The van der Waals surface area contributed by atoms with Crippen LogP contribution in [0.2, 0.25) is 5.02 Å².